The van der Waals surface area contributed by atoms with Gasteiger partial charge in [-0.25, -0.2) is 0 Å². The Kier molecular flexibility index (Phi) is 5.95. The quantitative estimate of drug-likeness (QED) is 0.405. The number of methoxy groups -OCH3 is 1. The average Bonchev–Trinajstić information content (AvgIpc) is 3.08. The van der Waals surface area contributed by atoms with E-state index in [2.05, 4.69) is 5.32 Å². The fourth-order valence-electron chi connectivity index (χ4n) is 4.07. The number of thioether (sulfide) groups is 1. The number of ether oxygens (including phenoxy) is 1. The first-order valence-corrected chi connectivity index (χ1v) is 10.9. The smallest absolute Gasteiger partial charge is 0.246 e. The molecular formula is C24H22N2O4S. The van der Waals surface area contributed by atoms with Crippen molar-refractivity contribution in [2.75, 3.05) is 19.0 Å². The van der Waals surface area contributed by atoms with Crippen LogP contribution >= 0.6 is 11.8 Å². The molecule has 6 nitrogen and oxygen atoms in total. The summed E-state index contributed by atoms with van der Waals surface area (Å²) >= 11 is 1.44. The highest BCUT2D eigenvalue weighted by atomic mass is 32.2. The lowest BCUT2D eigenvalue weighted by Gasteiger charge is -2.33. The van der Waals surface area contributed by atoms with Crippen LogP contribution in [0.3, 0.4) is 0 Å². The molecule has 0 aromatic heterocycles. The summed E-state index contributed by atoms with van der Waals surface area (Å²) in [4.78, 5) is 24.9. The fraction of sp³-hybridized carbons (Fsp3) is 0.208. The van der Waals surface area contributed by atoms with Gasteiger partial charge in [0.25, 0.3) is 0 Å². The molecule has 158 valence electrons. The van der Waals surface area contributed by atoms with E-state index >= 15 is 0 Å². The maximum atomic E-state index is 13.5. The molecule has 1 N–H and O–H groups in total. The van der Waals surface area contributed by atoms with Crippen molar-refractivity contribution >= 4 is 23.4 Å². The zero-order chi connectivity index (χ0) is 21.8. The number of hydrogen-bond acceptors (Lipinski definition) is 5. The molecule has 31 heavy (non-hydrogen) atoms. The van der Waals surface area contributed by atoms with E-state index in [0.717, 1.165) is 22.4 Å². The average molecular weight is 435 g/mol. The summed E-state index contributed by atoms with van der Waals surface area (Å²) in [7, 11) is 1.61. The number of amides is 1. The minimum atomic E-state index is -1.12. The Balaban J connectivity index is 1.80. The third-order valence-electron chi connectivity index (χ3n) is 5.56. The van der Waals surface area contributed by atoms with Crippen molar-refractivity contribution in [1.82, 2.24) is 0 Å². The Morgan fingerprint density at radius 2 is 1.71 bits per heavy atom. The van der Waals surface area contributed by atoms with Crippen molar-refractivity contribution < 1.29 is 14.5 Å². The van der Waals surface area contributed by atoms with Crippen LogP contribution in [0.25, 0.3) is 0 Å². The predicted molar refractivity (Wildman–Crippen MR) is 122 cm³/mol. The van der Waals surface area contributed by atoms with Gasteiger partial charge in [-0.2, -0.15) is 0 Å². The van der Waals surface area contributed by atoms with E-state index in [0.29, 0.717) is 11.4 Å². The summed E-state index contributed by atoms with van der Waals surface area (Å²) in [5.74, 6) is 0.425. The van der Waals surface area contributed by atoms with Crippen LogP contribution in [0.15, 0.2) is 78.9 Å². The second-order valence-electron chi connectivity index (χ2n) is 7.35. The van der Waals surface area contributed by atoms with E-state index in [1.807, 2.05) is 78.9 Å². The minimum absolute atomic E-state index is 0.220. The Bertz CT molecular complexity index is 1090. The van der Waals surface area contributed by atoms with Crippen LogP contribution in [-0.4, -0.2) is 24.5 Å². The maximum absolute atomic E-state index is 13.5. The number of fused-ring (bicyclic) bond motifs is 1. The SMILES string of the molecule is COc1ccc(CS[C@@]2([C@H](C[N+](=O)[O-])c3ccccc3)C(=O)Nc3ccccc32)cc1. The normalized spacial score (nSPS) is 18.2. The summed E-state index contributed by atoms with van der Waals surface area (Å²) in [5, 5.41) is 14.7. The molecular weight excluding hydrogens is 412 g/mol. The molecule has 4 rings (SSSR count). The van der Waals surface area contributed by atoms with Crippen molar-refractivity contribution in [2.24, 2.45) is 0 Å². The van der Waals surface area contributed by atoms with Crippen LogP contribution < -0.4 is 10.1 Å². The summed E-state index contributed by atoms with van der Waals surface area (Å²) < 4.78 is 4.10. The summed E-state index contributed by atoms with van der Waals surface area (Å²) in [6, 6.07) is 24.4. The Hall–Kier alpha value is -3.32. The van der Waals surface area contributed by atoms with Gasteiger partial charge in [0.05, 0.1) is 13.0 Å². The van der Waals surface area contributed by atoms with Crippen molar-refractivity contribution in [1.29, 1.82) is 0 Å². The van der Waals surface area contributed by atoms with E-state index in [1.54, 1.807) is 7.11 Å². The standard InChI is InChI=1S/C24H22N2O4S/c1-30-19-13-11-17(12-14-19)16-31-24(20-9-5-6-10-22(20)25-23(24)27)21(15-26(28)29)18-7-3-2-4-8-18/h2-14,21H,15-16H2,1H3,(H,25,27)/t21-,24+/m1/s1. The van der Waals surface area contributed by atoms with Gasteiger partial charge in [-0.3, -0.25) is 14.9 Å². The lowest BCUT2D eigenvalue weighted by Crippen LogP contribution is -2.40. The second kappa shape index (κ2) is 8.81. The monoisotopic (exact) mass is 434 g/mol. The molecule has 0 saturated heterocycles. The van der Waals surface area contributed by atoms with Crippen LogP contribution in [0.5, 0.6) is 5.75 Å². The zero-order valence-corrected chi connectivity index (χ0v) is 17.8. The number of rotatable bonds is 8. The third-order valence-corrected chi connectivity index (χ3v) is 7.19. The van der Waals surface area contributed by atoms with Gasteiger partial charge < -0.3 is 10.1 Å². The van der Waals surface area contributed by atoms with Crippen LogP contribution in [0.2, 0.25) is 0 Å². The first-order valence-electron chi connectivity index (χ1n) is 9.89. The molecule has 0 saturated carbocycles. The molecule has 3 aromatic carbocycles. The fourth-order valence-corrected chi connectivity index (χ4v) is 5.58. The van der Waals surface area contributed by atoms with Gasteiger partial charge in [-0.1, -0.05) is 60.7 Å². The highest BCUT2D eigenvalue weighted by molar-refractivity contribution is 8.00. The van der Waals surface area contributed by atoms with Crippen LogP contribution in [0, 0.1) is 10.1 Å². The number of hydrogen-bond donors (Lipinski definition) is 1. The molecule has 1 heterocycles. The van der Waals surface area contributed by atoms with E-state index in [9.17, 15) is 14.9 Å². The van der Waals surface area contributed by atoms with Gasteiger partial charge in [0, 0.05) is 21.9 Å². The first-order chi connectivity index (χ1) is 15.0. The number of nitrogens with one attached hydrogen (secondary N) is 1. The van der Waals surface area contributed by atoms with Crippen LogP contribution in [-0.2, 0) is 15.3 Å². The van der Waals surface area contributed by atoms with Gasteiger partial charge in [-0.15, -0.1) is 11.8 Å². The maximum Gasteiger partial charge on any atom is 0.246 e. The van der Waals surface area contributed by atoms with Gasteiger partial charge in [0.15, 0.2) is 0 Å². The molecule has 1 amide bonds. The largest absolute Gasteiger partial charge is 0.497 e. The lowest BCUT2D eigenvalue weighted by atomic mass is 9.81. The lowest BCUT2D eigenvalue weighted by molar-refractivity contribution is -0.484. The highest BCUT2D eigenvalue weighted by Crippen LogP contribution is 2.55. The molecule has 3 aromatic rings. The summed E-state index contributed by atoms with van der Waals surface area (Å²) in [5.41, 5.74) is 3.27. The first kappa shape index (κ1) is 20.9. The zero-order valence-electron chi connectivity index (χ0n) is 17.0. The van der Waals surface area contributed by atoms with Gasteiger partial charge in [0.2, 0.25) is 12.5 Å². The van der Waals surface area contributed by atoms with E-state index in [-0.39, 0.29) is 17.4 Å². The van der Waals surface area contributed by atoms with E-state index in [1.165, 1.54) is 11.8 Å². The Labute approximate surface area is 184 Å². The Morgan fingerprint density at radius 3 is 2.39 bits per heavy atom. The second-order valence-corrected chi connectivity index (χ2v) is 8.57. The molecule has 0 unspecified atom stereocenters. The number of para-hydroxylation sites is 1. The van der Waals surface area contributed by atoms with Crippen LogP contribution in [0.1, 0.15) is 22.6 Å². The number of anilines is 1. The molecule has 0 bridgehead atoms. The molecule has 1 aliphatic rings. The van der Waals surface area contributed by atoms with Crippen molar-refractivity contribution in [3.05, 3.63) is 106 Å². The summed E-state index contributed by atoms with van der Waals surface area (Å²) in [6.45, 7) is -0.346. The number of nitro groups is 1. The molecule has 2 atom stereocenters. The van der Waals surface area contributed by atoms with Gasteiger partial charge in [0.1, 0.15) is 10.5 Å². The number of carbonyl (C=O) groups is 1. The summed E-state index contributed by atoms with van der Waals surface area (Å²) in [6.07, 6.45) is 0. The topological polar surface area (TPSA) is 81.5 Å². The molecule has 1 aliphatic heterocycles. The van der Waals surface area contributed by atoms with Gasteiger partial charge in [-0.05, 0) is 29.3 Å². The molecule has 0 spiro atoms. The van der Waals surface area contributed by atoms with Crippen molar-refractivity contribution in [3.8, 4) is 5.75 Å². The predicted octanol–water partition coefficient (Wildman–Crippen LogP) is 4.84. The van der Waals surface area contributed by atoms with E-state index in [4.69, 9.17) is 4.74 Å². The molecule has 0 radical (unpaired) electrons. The van der Waals surface area contributed by atoms with Gasteiger partial charge >= 0.3 is 0 Å². The molecule has 7 heteroatoms. The highest BCUT2D eigenvalue weighted by Gasteiger charge is 2.55. The number of nitrogens with zero attached hydrogens (tertiary/aromatic N) is 1. The van der Waals surface area contributed by atoms with E-state index < -0.39 is 10.7 Å². The van der Waals surface area contributed by atoms with Crippen molar-refractivity contribution in [2.45, 2.75) is 16.4 Å². The third kappa shape index (κ3) is 4.01. The Morgan fingerprint density at radius 1 is 1.03 bits per heavy atom. The number of benzene rings is 3. The molecule has 0 aliphatic carbocycles. The van der Waals surface area contributed by atoms with Crippen molar-refractivity contribution in [3.63, 3.8) is 0 Å². The molecule has 0 fully saturated rings. The number of carbonyl (C=O) groups excluding carboxylic acids is 1. The minimum Gasteiger partial charge on any atom is -0.497 e. The van der Waals surface area contributed by atoms with Crippen LogP contribution in [0.4, 0.5) is 5.69 Å².